The van der Waals surface area contributed by atoms with E-state index < -0.39 is 0 Å². The standard InChI is InChI=1S/C15H22ClNO2/c1-2-12(17)9-11-3-4-15(14(16)10-11)19-13-5-7-18-8-6-13/h3-4,10,12-13H,2,5-9,17H2,1H3. The normalized spacial score (nSPS) is 18.3. The van der Waals surface area contributed by atoms with E-state index >= 15 is 0 Å². The summed E-state index contributed by atoms with van der Waals surface area (Å²) >= 11 is 6.28. The van der Waals surface area contributed by atoms with E-state index in [1.54, 1.807) is 0 Å². The zero-order valence-electron chi connectivity index (χ0n) is 11.4. The largest absolute Gasteiger partial charge is 0.489 e. The minimum atomic E-state index is 0.193. The highest BCUT2D eigenvalue weighted by Gasteiger charge is 2.16. The molecule has 0 bridgehead atoms. The molecule has 1 aromatic rings. The van der Waals surface area contributed by atoms with Crippen LogP contribution in [0.1, 0.15) is 31.7 Å². The van der Waals surface area contributed by atoms with Gasteiger partial charge in [-0.1, -0.05) is 24.6 Å². The number of rotatable bonds is 5. The first-order valence-electron chi connectivity index (χ1n) is 6.97. The first-order chi connectivity index (χ1) is 9.19. The Bertz CT molecular complexity index is 405. The quantitative estimate of drug-likeness (QED) is 0.903. The summed E-state index contributed by atoms with van der Waals surface area (Å²) in [5.74, 6) is 0.766. The highest BCUT2D eigenvalue weighted by atomic mass is 35.5. The molecule has 1 aliphatic heterocycles. The molecule has 0 spiro atoms. The highest BCUT2D eigenvalue weighted by Crippen LogP contribution is 2.28. The second-order valence-corrected chi connectivity index (χ2v) is 5.47. The molecule has 19 heavy (non-hydrogen) atoms. The van der Waals surface area contributed by atoms with Crippen molar-refractivity contribution < 1.29 is 9.47 Å². The highest BCUT2D eigenvalue weighted by molar-refractivity contribution is 6.32. The maximum atomic E-state index is 6.28. The maximum Gasteiger partial charge on any atom is 0.138 e. The van der Waals surface area contributed by atoms with Crippen molar-refractivity contribution in [2.24, 2.45) is 5.73 Å². The molecule has 0 aliphatic carbocycles. The third kappa shape index (κ3) is 4.37. The van der Waals surface area contributed by atoms with Crippen molar-refractivity contribution in [2.45, 2.75) is 44.8 Å². The lowest BCUT2D eigenvalue weighted by Gasteiger charge is -2.24. The van der Waals surface area contributed by atoms with Gasteiger partial charge in [0.05, 0.1) is 18.2 Å². The lowest BCUT2D eigenvalue weighted by Crippen LogP contribution is -2.26. The van der Waals surface area contributed by atoms with Gasteiger partial charge in [-0.3, -0.25) is 0 Å². The lowest BCUT2D eigenvalue weighted by molar-refractivity contribution is 0.0256. The van der Waals surface area contributed by atoms with Gasteiger partial charge in [-0.2, -0.15) is 0 Å². The van der Waals surface area contributed by atoms with E-state index in [1.165, 1.54) is 5.56 Å². The third-order valence-electron chi connectivity index (χ3n) is 3.48. The van der Waals surface area contributed by atoms with Crippen LogP contribution in [0.5, 0.6) is 5.75 Å². The third-order valence-corrected chi connectivity index (χ3v) is 3.78. The molecule has 106 valence electrons. The molecular weight excluding hydrogens is 262 g/mol. The van der Waals surface area contributed by atoms with Crippen LogP contribution in [0.15, 0.2) is 18.2 Å². The fraction of sp³-hybridized carbons (Fsp3) is 0.600. The zero-order valence-corrected chi connectivity index (χ0v) is 12.2. The van der Waals surface area contributed by atoms with Crippen molar-refractivity contribution in [1.29, 1.82) is 0 Å². The van der Waals surface area contributed by atoms with Crippen LogP contribution < -0.4 is 10.5 Å². The van der Waals surface area contributed by atoms with E-state index in [0.717, 1.165) is 44.6 Å². The van der Waals surface area contributed by atoms with Gasteiger partial charge < -0.3 is 15.2 Å². The summed E-state index contributed by atoms with van der Waals surface area (Å²) in [6.07, 6.45) is 3.90. The minimum absolute atomic E-state index is 0.193. The lowest BCUT2D eigenvalue weighted by atomic mass is 10.0. The van der Waals surface area contributed by atoms with Gasteiger partial charge in [-0.25, -0.2) is 0 Å². The van der Waals surface area contributed by atoms with Crippen LogP contribution >= 0.6 is 11.6 Å². The van der Waals surface area contributed by atoms with E-state index in [0.29, 0.717) is 5.02 Å². The molecule has 4 heteroatoms. The number of hydrogen-bond acceptors (Lipinski definition) is 3. The van der Waals surface area contributed by atoms with Gasteiger partial charge in [-0.05, 0) is 30.5 Å². The molecule has 0 saturated carbocycles. The second kappa shape index (κ2) is 7.13. The van der Waals surface area contributed by atoms with Crippen LogP contribution in [0.2, 0.25) is 5.02 Å². The van der Waals surface area contributed by atoms with Gasteiger partial charge in [0.15, 0.2) is 0 Å². The van der Waals surface area contributed by atoms with Crippen LogP contribution in [0.4, 0.5) is 0 Å². The van der Waals surface area contributed by atoms with Gasteiger partial charge in [0, 0.05) is 18.9 Å². The molecule has 1 unspecified atom stereocenters. The monoisotopic (exact) mass is 283 g/mol. The van der Waals surface area contributed by atoms with E-state index in [1.807, 2.05) is 12.1 Å². The van der Waals surface area contributed by atoms with Crippen LogP contribution in [0, 0.1) is 0 Å². The van der Waals surface area contributed by atoms with Gasteiger partial charge in [-0.15, -0.1) is 0 Å². The Labute approximate surface area is 120 Å². The topological polar surface area (TPSA) is 44.5 Å². The molecule has 1 saturated heterocycles. The predicted molar refractivity (Wildman–Crippen MR) is 77.9 cm³/mol. The predicted octanol–water partition coefficient (Wildman–Crippen LogP) is 3.18. The van der Waals surface area contributed by atoms with E-state index in [9.17, 15) is 0 Å². The molecule has 1 aromatic carbocycles. The summed E-state index contributed by atoms with van der Waals surface area (Å²) < 4.78 is 11.2. The number of nitrogens with two attached hydrogens (primary N) is 1. The summed E-state index contributed by atoms with van der Waals surface area (Å²) in [6, 6.07) is 6.16. The molecule has 1 fully saturated rings. The minimum Gasteiger partial charge on any atom is -0.489 e. The Morgan fingerprint density at radius 3 is 2.79 bits per heavy atom. The van der Waals surface area contributed by atoms with E-state index in [4.69, 9.17) is 26.8 Å². The van der Waals surface area contributed by atoms with Crippen LogP contribution in [-0.2, 0) is 11.2 Å². The van der Waals surface area contributed by atoms with Crippen LogP contribution in [0.25, 0.3) is 0 Å². The molecule has 1 atom stereocenters. The first-order valence-corrected chi connectivity index (χ1v) is 7.35. The number of benzene rings is 1. The van der Waals surface area contributed by atoms with E-state index in [2.05, 4.69) is 13.0 Å². The summed E-state index contributed by atoms with van der Waals surface area (Å²) in [5.41, 5.74) is 7.12. The Morgan fingerprint density at radius 2 is 2.16 bits per heavy atom. The van der Waals surface area contributed by atoms with Gasteiger partial charge in [0.25, 0.3) is 0 Å². The average molecular weight is 284 g/mol. The smallest absolute Gasteiger partial charge is 0.138 e. The van der Waals surface area contributed by atoms with Crippen molar-refractivity contribution in [1.82, 2.24) is 0 Å². The van der Waals surface area contributed by atoms with Crippen molar-refractivity contribution in [2.75, 3.05) is 13.2 Å². The van der Waals surface area contributed by atoms with Crippen molar-refractivity contribution in [3.8, 4) is 5.75 Å². The second-order valence-electron chi connectivity index (χ2n) is 5.07. The van der Waals surface area contributed by atoms with Crippen molar-refractivity contribution in [3.05, 3.63) is 28.8 Å². The Hall–Kier alpha value is -0.770. The van der Waals surface area contributed by atoms with Crippen molar-refractivity contribution in [3.63, 3.8) is 0 Å². The van der Waals surface area contributed by atoms with Crippen LogP contribution in [-0.4, -0.2) is 25.4 Å². The first kappa shape index (κ1) is 14.6. The fourth-order valence-electron chi connectivity index (χ4n) is 2.19. The summed E-state index contributed by atoms with van der Waals surface area (Å²) in [4.78, 5) is 0. The summed E-state index contributed by atoms with van der Waals surface area (Å²) in [5, 5.41) is 0.673. The summed E-state index contributed by atoms with van der Waals surface area (Å²) in [6.45, 7) is 3.63. The molecule has 1 aliphatic rings. The zero-order chi connectivity index (χ0) is 13.7. The van der Waals surface area contributed by atoms with E-state index in [-0.39, 0.29) is 12.1 Å². The molecule has 0 amide bonds. The molecule has 1 heterocycles. The Morgan fingerprint density at radius 1 is 1.42 bits per heavy atom. The summed E-state index contributed by atoms with van der Waals surface area (Å²) in [7, 11) is 0. The molecular formula is C15H22ClNO2. The van der Waals surface area contributed by atoms with Gasteiger partial charge >= 0.3 is 0 Å². The Balaban J connectivity index is 1.98. The number of halogens is 1. The Kier molecular flexibility index (Phi) is 5.49. The molecule has 0 aromatic heterocycles. The molecule has 0 radical (unpaired) electrons. The molecule has 2 rings (SSSR count). The molecule has 2 N–H and O–H groups in total. The number of hydrogen-bond donors (Lipinski definition) is 1. The van der Waals surface area contributed by atoms with Crippen molar-refractivity contribution >= 4 is 11.6 Å². The average Bonchev–Trinajstić information content (AvgIpc) is 2.43. The van der Waals surface area contributed by atoms with Gasteiger partial charge in [0.1, 0.15) is 11.9 Å². The van der Waals surface area contributed by atoms with Crippen LogP contribution in [0.3, 0.4) is 0 Å². The SMILES string of the molecule is CCC(N)Cc1ccc(OC2CCOCC2)c(Cl)c1. The van der Waals surface area contributed by atoms with Gasteiger partial charge in [0.2, 0.25) is 0 Å². The number of ether oxygens (including phenoxy) is 2. The fourth-order valence-corrected chi connectivity index (χ4v) is 2.44. The maximum absolute atomic E-state index is 6.28. The molecule has 3 nitrogen and oxygen atoms in total.